The third-order valence-corrected chi connectivity index (χ3v) is 5.26. The number of hydrogen-bond acceptors (Lipinski definition) is 3. The highest BCUT2D eigenvalue weighted by Crippen LogP contribution is 2.26. The summed E-state index contributed by atoms with van der Waals surface area (Å²) in [4.78, 5) is 17.2. The second-order valence-corrected chi connectivity index (χ2v) is 6.64. The summed E-state index contributed by atoms with van der Waals surface area (Å²) in [5, 5.41) is 1.44. The van der Waals surface area contributed by atoms with E-state index in [0.29, 0.717) is 11.9 Å². The van der Waals surface area contributed by atoms with Crippen molar-refractivity contribution in [3.8, 4) is 0 Å². The Balaban J connectivity index is 2.00. The summed E-state index contributed by atoms with van der Waals surface area (Å²) in [6, 6.07) is 15.6. The molecule has 1 heterocycles. The van der Waals surface area contributed by atoms with Crippen LogP contribution in [-0.4, -0.2) is 9.55 Å². The van der Waals surface area contributed by atoms with Gasteiger partial charge in [0.2, 0.25) is 0 Å². The first kappa shape index (κ1) is 15.3. The van der Waals surface area contributed by atoms with E-state index in [1.165, 1.54) is 5.56 Å². The number of benzene rings is 2. The topological polar surface area (TPSA) is 34.9 Å². The van der Waals surface area contributed by atoms with Crippen LogP contribution < -0.4 is 5.56 Å². The summed E-state index contributed by atoms with van der Waals surface area (Å²) in [6.45, 7) is 2.59. The van der Waals surface area contributed by atoms with Crippen molar-refractivity contribution in [1.82, 2.24) is 9.55 Å². The smallest absolute Gasteiger partial charge is 0.262 e. The molecule has 0 N–H and O–H groups in total. The van der Waals surface area contributed by atoms with Crippen molar-refractivity contribution in [2.24, 2.45) is 0 Å². The summed E-state index contributed by atoms with van der Waals surface area (Å²) >= 11 is 5.15. The van der Waals surface area contributed by atoms with Crippen LogP contribution in [0.15, 0.2) is 63.0 Å². The average Bonchev–Trinajstić information content (AvgIpc) is 2.54. The first-order valence-corrected chi connectivity index (χ1v) is 8.84. The molecule has 22 heavy (non-hydrogen) atoms. The minimum absolute atomic E-state index is 0.0303. The summed E-state index contributed by atoms with van der Waals surface area (Å²) in [6.07, 6.45) is 0. The number of aromatic nitrogens is 2. The molecule has 5 heteroatoms. The van der Waals surface area contributed by atoms with Crippen LogP contribution in [0.3, 0.4) is 0 Å². The normalized spacial score (nSPS) is 11.0. The van der Waals surface area contributed by atoms with Gasteiger partial charge in [-0.15, -0.1) is 0 Å². The van der Waals surface area contributed by atoms with Crippen molar-refractivity contribution >= 4 is 38.6 Å². The van der Waals surface area contributed by atoms with E-state index in [0.717, 1.165) is 20.9 Å². The minimum atomic E-state index is 0.0303. The predicted octanol–water partition coefficient (Wildman–Crippen LogP) is 4.47. The second kappa shape index (κ2) is 6.67. The molecule has 0 atom stereocenters. The average molecular weight is 375 g/mol. The van der Waals surface area contributed by atoms with Crippen molar-refractivity contribution in [2.45, 2.75) is 24.4 Å². The molecule has 0 unspecified atom stereocenters. The van der Waals surface area contributed by atoms with Crippen LogP contribution in [0.2, 0.25) is 0 Å². The Kier molecular flexibility index (Phi) is 4.64. The van der Waals surface area contributed by atoms with Gasteiger partial charge < -0.3 is 0 Å². The molecule has 0 aliphatic carbocycles. The summed E-state index contributed by atoms with van der Waals surface area (Å²) < 4.78 is 2.82. The van der Waals surface area contributed by atoms with Gasteiger partial charge >= 0.3 is 0 Å². The molecular formula is C17H15BrN2OS. The van der Waals surface area contributed by atoms with Crippen LogP contribution in [0, 0.1) is 0 Å². The SMILES string of the molecule is CCn1c(SCc2ccccc2Br)nc2ccccc2c1=O. The number of thioether (sulfide) groups is 1. The summed E-state index contributed by atoms with van der Waals surface area (Å²) in [7, 11) is 0. The molecule has 0 amide bonds. The molecule has 3 rings (SSSR count). The highest BCUT2D eigenvalue weighted by molar-refractivity contribution is 9.10. The molecule has 0 saturated heterocycles. The van der Waals surface area contributed by atoms with Gasteiger partial charge in [0.1, 0.15) is 0 Å². The van der Waals surface area contributed by atoms with E-state index < -0.39 is 0 Å². The maximum absolute atomic E-state index is 12.6. The summed E-state index contributed by atoms with van der Waals surface area (Å²) in [5.74, 6) is 0.770. The van der Waals surface area contributed by atoms with Gasteiger partial charge in [0, 0.05) is 16.8 Å². The quantitative estimate of drug-likeness (QED) is 0.499. The van der Waals surface area contributed by atoms with Crippen LogP contribution in [0.4, 0.5) is 0 Å². The number of rotatable bonds is 4. The van der Waals surface area contributed by atoms with E-state index in [1.807, 2.05) is 49.4 Å². The van der Waals surface area contributed by atoms with Crippen molar-refractivity contribution in [3.05, 3.63) is 68.9 Å². The van der Waals surface area contributed by atoms with Gasteiger partial charge in [-0.05, 0) is 30.7 Å². The largest absolute Gasteiger partial charge is 0.287 e. The molecule has 0 aliphatic heterocycles. The highest BCUT2D eigenvalue weighted by Gasteiger charge is 2.10. The Labute approximate surface area is 141 Å². The van der Waals surface area contributed by atoms with Gasteiger partial charge in [0.05, 0.1) is 10.9 Å². The lowest BCUT2D eigenvalue weighted by Gasteiger charge is -2.11. The maximum atomic E-state index is 12.6. The van der Waals surface area contributed by atoms with E-state index in [2.05, 4.69) is 27.0 Å². The van der Waals surface area contributed by atoms with Gasteiger partial charge in [-0.2, -0.15) is 0 Å². The zero-order valence-electron chi connectivity index (χ0n) is 12.1. The van der Waals surface area contributed by atoms with E-state index >= 15 is 0 Å². The molecule has 112 valence electrons. The predicted molar refractivity (Wildman–Crippen MR) is 95.4 cm³/mol. The van der Waals surface area contributed by atoms with Gasteiger partial charge in [-0.1, -0.05) is 58.0 Å². The first-order valence-electron chi connectivity index (χ1n) is 7.06. The third-order valence-electron chi connectivity index (χ3n) is 3.46. The summed E-state index contributed by atoms with van der Waals surface area (Å²) in [5.41, 5.74) is 1.98. The molecule has 0 fully saturated rings. The van der Waals surface area contributed by atoms with E-state index in [-0.39, 0.29) is 5.56 Å². The molecular weight excluding hydrogens is 360 g/mol. The highest BCUT2D eigenvalue weighted by atomic mass is 79.9. The van der Waals surface area contributed by atoms with Crippen LogP contribution in [-0.2, 0) is 12.3 Å². The van der Waals surface area contributed by atoms with E-state index in [4.69, 9.17) is 0 Å². The third kappa shape index (κ3) is 2.96. The van der Waals surface area contributed by atoms with Crippen LogP contribution >= 0.6 is 27.7 Å². The fraction of sp³-hybridized carbons (Fsp3) is 0.176. The van der Waals surface area contributed by atoms with Crippen molar-refractivity contribution in [1.29, 1.82) is 0 Å². The Morgan fingerprint density at radius 1 is 1.14 bits per heavy atom. The minimum Gasteiger partial charge on any atom is -0.287 e. The first-order chi connectivity index (χ1) is 10.7. The number of hydrogen-bond donors (Lipinski definition) is 0. The Hall–Kier alpha value is -1.59. The standard InChI is InChI=1S/C17H15BrN2OS/c1-2-20-16(21)13-8-4-6-10-15(13)19-17(20)22-11-12-7-3-5-9-14(12)18/h3-10H,2,11H2,1H3. The van der Waals surface area contributed by atoms with Crippen molar-refractivity contribution < 1.29 is 0 Å². The molecule has 0 bridgehead atoms. The van der Waals surface area contributed by atoms with E-state index in [1.54, 1.807) is 16.3 Å². The Bertz CT molecular complexity index is 876. The Morgan fingerprint density at radius 3 is 2.64 bits per heavy atom. The fourth-order valence-corrected chi connectivity index (χ4v) is 3.97. The van der Waals surface area contributed by atoms with Gasteiger partial charge in [-0.25, -0.2) is 4.98 Å². The number of nitrogens with zero attached hydrogens (tertiary/aromatic N) is 2. The zero-order valence-corrected chi connectivity index (χ0v) is 14.5. The molecule has 2 aromatic carbocycles. The molecule has 1 aromatic heterocycles. The number of para-hydroxylation sites is 1. The van der Waals surface area contributed by atoms with Crippen LogP contribution in [0.1, 0.15) is 12.5 Å². The molecule has 0 spiro atoms. The van der Waals surface area contributed by atoms with Crippen molar-refractivity contribution in [2.75, 3.05) is 0 Å². The van der Waals surface area contributed by atoms with Crippen LogP contribution in [0.25, 0.3) is 10.9 Å². The van der Waals surface area contributed by atoms with Gasteiger partial charge in [0.15, 0.2) is 5.16 Å². The molecule has 0 aliphatic rings. The zero-order chi connectivity index (χ0) is 15.5. The van der Waals surface area contributed by atoms with Crippen LogP contribution in [0.5, 0.6) is 0 Å². The molecule has 3 nitrogen and oxygen atoms in total. The van der Waals surface area contributed by atoms with Gasteiger partial charge in [-0.3, -0.25) is 9.36 Å². The monoisotopic (exact) mass is 374 g/mol. The fourth-order valence-electron chi connectivity index (χ4n) is 2.29. The Morgan fingerprint density at radius 2 is 1.86 bits per heavy atom. The van der Waals surface area contributed by atoms with E-state index in [9.17, 15) is 4.79 Å². The maximum Gasteiger partial charge on any atom is 0.262 e. The molecule has 3 aromatic rings. The lowest BCUT2D eigenvalue weighted by Crippen LogP contribution is -2.22. The van der Waals surface area contributed by atoms with Gasteiger partial charge in [0.25, 0.3) is 5.56 Å². The van der Waals surface area contributed by atoms with Crippen molar-refractivity contribution in [3.63, 3.8) is 0 Å². The molecule has 0 saturated carbocycles. The second-order valence-electron chi connectivity index (χ2n) is 4.84. The number of fused-ring (bicyclic) bond motifs is 1. The molecule has 0 radical (unpaired) electrons. The lowest BCUT2D eigenvalue weighted by atomic mass is 10.2. The lowest BCUT2D eigenvalue weighted by molar-refractivity contribution is 0.634. The number of halogens is 1.